The van der Waals surface area contributed by atoms with Crippen LogP contribution in [0.15, 0.2) is 60.8 Å². The Hall–Kier alpha value is -2.48. The molecule has 1 heterocycles. The molecule has 0 aliphatic rings. The van der Waals surface area contributed by atoms with E-state index in [0.29, 0.717) is 5.56 Å². The van der Waals surface area contributed by atoms with Crippen molar-refractivity contribution in [1.82, 2.24) is 4.98 Å². The molecule has 3 rings (SSSR count). The molecule has 86 valence electrons. The largest absolute Gasteiger partial charge is 0.298 e. The van der Waals surface area contributed by atoms with Crippen LogP contribution in [0.3, 0.4) is 0 Å². The Morgan fingerprint density at radius 2 is 1.72 bits per heavy atom. The van der Waals surface area contributed by atoms with E-state index in [-0.39, 0.29) is 0 Å². The van der Waals surface area contributed by atoms with E-state index < -0.39 is 0 Å². The molecule has 0 amide bonds. The Kier molecular flexibility index (Phi) is 2.61. The first-order valence-corrected chi connectivity index (χ1v) is 5.77. The summed E-state index contributed by atoms with van der Waals surface area (Å²) in [7, 11) is 0. The molecule has 0 atom stereocenters. The van der Waals surface area contributed by atoms with E-state index in [4.69, 9.17) is 0 Å². The molecule has 1 aromatic heterocycles. The smallest absolute Gasteiger partial charge is 0.150 e. The van der Waals surface area contributed by atoms with Crippen molar-refractivity contribution in [1.29, 1.82) is 0 Å². The van der Waals surface area contributed by atoms with Crippen molar-refractivity contribution < 1.29 is 4.79 Å². The summed E-state index contributed by atoms with van der Waals surface area (Å²) >= 11 is 0. The van der Waals surface area contributed by atoms with Gasteiger partial charge in [-0.1, -0.05) is 30.3 Å². The zero-order valence-electron chi connectivity index (χ0n) is 9.71. The summed E-state index contributed by atoms with van der Waals surface area (Å²) in [5, 5.41) is 2.18. The molecule has 0 saturated carbocycles. The molecular weight excluding hydrogens is 222 g/mol. The molecule has 2 nitrogen and oxygen atoms in total. The van der Waals surface area contributed by atoms with Gasteiger partial charge in [0.1, 0.15) is 6.29 Å². The lowest BCUT2D eigenvalue weighted by Crippen LogP contribution is -1.84. The predicted molar refractivity (Wildman–Crippen MR) is 72.6 cm³/mol. The maximum atomic E-state index is 10.7. The third-order valence-electron chi connectivity index (χ3n) is 2.96. The number of nitrogens with zero attached hydrogens (tertiary/aromatic N) is 1. The number of aldehydes is 1. The van der Waals surface area contributed by atoms with Gasteiger partial charge in [0.25, 0.3) is 0 Å². The van der Waals surface area contributed by atoms with Crippen molar-refractivity contribution in [2.24, 2.45) is 0 Å². The van der Waals surface area contributed by atoms with Crippen LogP contribution in [0, 0.1) is 0 Å². The molecular formula is C16H11NO. The lowest BCUT2D eigenvalue weighted by atomic mass is 10.0. The Labute approximate surface area is 105 Å². The third kappa shape index (κ3) is 1.89. The number of hydrogen-bond donors (Lipinski definition) is 0. The minimum absolute atomic E-state index is 0.702. The molecule has 3 aromatic rings. The van der Waals surface area contributed by atoms with E-state index in [0.717, 1.165) is 28.3 Å². The SMILES string of the molecule is O=Cc1ccc2cc(-c3ccccn3)ccc2c1. The summed E-state index contributed by atoms with van der Waals surface area (Å²) in [4.78, 5) is 15.1. The van der Waals surface area contributed by atoms with Crippen LogP contribution in [0.1, 0.15) is 10.4 Å². The number of hydrogen-bond acceptors (Lipinski definition) is 2. The molecule has 2 heteroatoms. The minimum Gasteiger partial charge on any atom is -0.298 e. The van der Waals surface area contributed by atoms with Gasteiger partial charge in [-0.3, -0.25) is 9.78 Å². The molecule has 0 N–H and O–H groups in total. The quantitative estimate of drug-likeness (QED) is 0.631. The van der Waals surface area contributed by atoms with Crippen molar-refractivity contribution in [2.75, 3.05) is 0 Å². The van der Waals surface area contributed by atoms with Crippen LogP contribution in [0.2, 0.25) is 0 Å². The third-order valence-corrected chi connectivity index (χ3v) is 2.96. The lowest BCUT2D eigenvalue weighted by Gasteiger charge is -2.03. The van der Waals surface area contributed by atoms with E-state index in [9.17, 15) is 4.79 Å². The normalized spacial score (nSPS) is 10.4. The number of fused-ring (bicyclic) bond motifs is 1. The first-order valence-electron chi connectivity index (χ1n) is 5.77. The molecule has 18 heavy (non-hydrogen) atoms. The number of pyridine rings is 1. The molecule has 0 saturated heterocycles. The fourth-order valence-corrected chi connectivity index (χ4v) is 2.03. The van der Waals surface area contributed by atoms with Crippen LogP contribution < -0.4 is 0 Å². The lowest BCUT2D eigenvalue weighted by molar-refractivity contribution is 0.112. The second kappa shape index (κ2) is 4.41. The topological polar surface area (TPSA) is 30.0 Å². The number of benzene rings is 2. The Balaban J connectivity index is 2.15. The summed E-state index contributed by atoms with van der Waals surface area (Å²) in [5.41, 5.74) is 2.74. The highest BCUT2D eigenvalue weighted by atomic mass is 16.1. The van der Waals surface area contributed by atoms with Crippen LogP contribution >= 0.6 is 0 Å². The van der Waals surface area contributed by atoms with E-state index >= 15 is 0 Å². The monoisotopic (exact) mass is 233 g/mol. The summed E-state index contributed by atoms with van der Waals surface area (Å²) in [6.45, 7) is 0. The molecule has 0 radical (unpaired) electrons. The average Bonchev–Trinajstić information content (AvgIpc) is 2.47. The summed E-state index contributed by atoms with van der Waals surface area (Å²) < 4.78 is 0. The van der Waals surface area contributed by atoms with Crippen LogP contribution in [0.25, 0.3) is 22.0 Å². The zero-order valence-corrected chi connectivity index (χ0v) is 9.71. The average molecular weight is 233 g/mol. The van der Waals surface area contributed by atoms with Gasteiger partial charge in [0, 0.05) is 17.3 Å². The summed E-state index contributed by atoms with van der Waals surface area (Å²) in [6.07, 6.45) is 2.65. The predicted octanol–water partition coefficient (Wildman–Crippen LogP) is 3.71. The standard InChI is InChI=1S/C16H11NO/c18-11-12-4-5-14-10-15(7-6-13(14)9-12)16-3-1-2-8-17-16/h1-11H. The minimum atomic E-state index is 0.702. The number of aromatic nitrogens is 1. The Bertz CT molecular complexity index is 705. The highest BCUT2D eigenvalue weighted by Gasteiger charge is 2.01. The van der Waals surface area contributed by atoms with Gasteiger partial charge < -0.3 is 0 Å². The maximum absolute atomic E-state index is 10.7. The van der Waals surface area contributed by atoms with E-state index in [1.807, 2.05) is 48.5 Å². The fraction of sp³-hybridized carbons (Fsp3) is 0. The van der Waals surface area contributed by atoms with E-state index in [1.54, 1.807) is 6.20 Å². The van der Waals surface area contributed by atoms with Gasteiger partial charge in [0.15, 0.2) is 0 Å². The van der Waals surface area contributed by atoms with Gasteiger partial charge in [0.05, 0.1) is 5.69 Å². The molecule has 2 aromatic carbocycles. The number of carbonyl (C=O) groups is 1. The van der Waals surface area contributed by atoms with Crippen molar-refractivity contribution in [3.8, 4) is 11.3 Å². The van der Waals surface area contributed by atoms with Gasteiger partial charge in [-0.25, -0.2) is 0 Å². The van der Waals surface area contributed by atoms with Crippen molar-refractivity contribution in [3.63, 3.8) is 0 Å². The van der Waals surface area contributed by atoms with Crippen LogP contribution in [0.5, 0.6) is 0 Å². The molecule has 0 fully saturated rings. The highest BCUT2D eigenvalue weighted by Crippen LogP contribution is 2.23. The highest BCUT2D eigenvalue weighted by molar-refractivity contribution is 5.91. The second-order valence-corrected chi connectivity index (χ2v) is 4.15. The van der Waals surface area contributed by atoms with Gasteiger partial charge in [-0.15, -0.1) is 0 Å². The van der Waals surface area contributed by atoms with E-state index in [1.165, 1.54) is 0 Å². The van der Waals surface area contributed by atoms with Gasteiger partial charge >= 0.3 is 0 Å². The Morgan fingerprint density at radius 1 is 0.889 bits per heavy atom. The molecule has 0 spiro atoms. The van der Waals surface area contributed by atoms with Gasteiger partial charge in [0.2, 0.25) is 0 Å². The first kappa shape index (κ1) is 10.7. The summed E-state index contributed by atoms with van der Waals surface area (Å²) in [6, 6.07) is 17.7. The zero-order chi connectivity index (χ0) is 12.4. The first-order chi connectivity index (χ1) is 8.86. The molecule has 0 aliphatic carbocycles. The maximum Gasteiger partial charge on any atom is 0.150 e. The fourth-order valence-electron chi connectivity index (χ4n) is 2.03. The number of carbonyl (C=O) groups excluding carboxylic acids is 1. The van der Waals surface area contributed by atoms with Gasteiger partial charge in [-0.2, -0.15) is 0 Å². The van der Waals surface area contributed by atoms with Crippen LogP contribution in [-0.4, -0.2) is 11.3 Å². The second-order valence-electron chi connectivity index (χ2n) is 4.15. The Morgan fingerprint density at radius 3 is 2.50 bits per heavy atom. The number of rotatable bonds is 2. The molecule has 0 bridgehead atoms. The molecule has 0 unspecified atom stereocenters. The van der Waals surface area contributed by atoms with Crippen molar-refractivity contribution in [2.45, 2.75) is 0 Å². The summed E-state index contributed by atoms with van der Waals surface area (Å²) in [5.74, 6) is 0. The van der Waals surface area contributed by atoms with Crippen molar-refractivity contribution in [3.05, 3.63) is 66.4 Å². The van der Waals surface area contributed by atoms with Crippen LogP contribution in [0.4, 0.5) is 0 Å². The van der Waals surface area contributed by atoms with Crippen LogP contribution in [-0.2, 0) is 0 Å². The van der Waals surface area contributed by atoms with E-state index in [2.05, 4.69) is 11.1 Å². The van der Waals surface area contributed by atoms with Gasteiger partial charge in [-0.05, 0) is 35.0 Å². The van der Waals surface area contributed by atoms with Crippen molar-refractivity contribution >= 4 is 17.1 Å². The molecule has 0 aliphatic heterocycles.